The molecule has 1 aromatic heterocycles. The number of aromatic nitrogens is 2. The third-order valence-corrected chi connectivity index (χ3v) is 6.08. The first-order chi connectivity index (χ1) is 15.4. The molecule has 0 bridgehead atoms. The van der Waals surface area contributed by atoms with Gasteiger partial charge >= 0.3 is 5.97 Å². The Hall–Kier alpha value is -2.74. The van der Waals surface area contributed by atoms with Gasteiger partial charge in [-0.3, -0.25) is 9.59 Å². The van der Waals surface area contributed by atoms with Crippen LogP contribution in [0.3, 0.4) is 0 Å². The van der Waals surface area contributed by atoms with E-state index in [1.807, 2.05) is 24.8 Å². The van der Waals surface area contributed by atoms with Gasteiger partial charge in [0, 0.05) is 30.8 Å². The van der Waals surface area contributed by atoms with Crippen LogP contribution in [0.5, 0.6) is 0 Å². The summed E-state index contributed by atoms with van der Waals surface area (Å²) >= 11 is 1.21. The predicted molar refractivity (Wildman–Crippen MR) is 123 cm³/mol. The van der Waals surface area contributed by atoms with E-state index in [1.54, 1.807) is 24.4 Å². The summed E-state index contributed by atoms with van der Waals surface area (Å²) in [6.45, 7) is 5.32. The topological polar surface area (TPSA) is 72.4 Å². The highest BCUT2D eigenvalue weighted by Gasteiger charge is 2.27. The molecule has 32 heavy (non-hydrogen) atoms. The van der Waals surface area contributed by atoms with Gasteiger partial charge in [0.15, 0.2) is 5.16 Å². The van der Waals surface area contributed by atoms with Crippen molar-refractivity contribution in [1.82, 2.24) is 14.9 Å². The highest BCUT2D eigenvalue weighted by molar-refractivity contribution is 7.99. The van der Waals surface area contributed by atoms with Crippen LogP contribution in [0.25, 0.3) is 11.1 Å². The maximum absolute atomic E-state index is 13.5. The summed E-state index contributed by atoms with van der Waals surface area (Å²) in [6.07, 6.45) is 7.01. The third-order valence-electron chi connectivity index (χ3n) is 5.24. The number of carbonyl (C=O) groups is 2. The molecule has 1 atom stereocenters. The molecule has 0 saturated carbocycles. The molecule has 1 saturated heterocycles. The molecule has 1 aliphatic rings. The largest absolute Gasteiger partial charge is 0.468 e. The molecular formula is C24H28FN3O3S. The second-order valence-electron chi connectivity index (χ2n) is 8.05. The third kappa shape index (κ3) is 6.38. The van der Waals surface area contributed by atoms with Crippen LogP contribution < -0.4 is 0 Å². The molecule has 0 radical (unpaired) electrons. The van der Waals surface area contributed by atoms with E-state index in [1.165, 1.54) is 31.0 Å². The molecule has 1 fully saturated rings. The normalized spacial score (nSPS) is 16.5. The van der Waals surface area contributed by atoms with Crippen LogP contribution in [0.15, 0.2) is 47.8 Å². The Balaban J connectivity index is 1.90. The fraction of sp³-hybridized carbons (Fsp3) is 0.417. The highest BCUT2D eigenvalue weighted by atomic mass is 32.2. The van der Waals surface area contributed by atoms with Crippen LogP contribution in [-0.2, 0) is 14.3 Å². The Kier molecular flexibility index (Phi) is 8.39. The van der Waals surface area contributed by atoms with Crippen LogP contribution in [0.2, 0.25) is 0 Å². The van der Waals surface area contributed by atoms with Gasteiger partial charge in [0.25, 0.3) is 0 Å². The summed E-state index contributed by atoms with van der Waals surface area (Å²) in [7, 11) is 1.34. The molecule has 0 N–H and O–H groups in total. The molecule has 2 heterocycles. The fourth-order valence-electron chi connectivity index (χ4n) is 3.57. The number of allylic oxidation sites excluding steroid dienone is 1. The van der Waals surface area contributed by atoms with Crippen molar-refractivity contribution in [3.63, 3.8) is 0 Å². The molecule has 8 heteroatoms. The number of nitrogens with zero attached hydrogens (tertiary/aromatic N) is 3. The molecule has 1 aliphatic heterocycles. The molecule has 1 amide bonds. The van der Waals surface area contributed by atoms with Crippen LogP contribution in [0.1, 0.15) is 38.3 Å². The van der Waals surface area contributed by atoms with Crippen LogP contribution >= 0.6 is 11.8 Å². The van der Waals surface area contributed by atoms with Gasteiger partial charge in [-0.2, -0.15) is 0 Å². The summed E-state index contributed by atoms with van der Waals surface area (Å²) < 4.78 is 18.2. The Labute approximate surface area is 192 Å². The molecule has 0 unspecified atom stereocenters. The van der Waals surface area contributed by atoms with Crippen molar-refractivity contribution in [3.05, 3.63) is 54.1 Å². The number of amides is 1. The zero-order chi connectivity index (χ0) is 23.1. The first kappa shape index (κ1) is 23.9. The van der Waals surface area contributed by atoms with Crippen molar-refractivity contribution in [2.24, 2.45) is 5.92 Å². The van der Waals surface area contributed by atoms with Crippen LogP contribution in [-0.4, -0.2) is 52.7 Å². The van der Waals surface area contributed by atoms with Gasteiger partial charge in [-0.1, -0.05) is 43.8 Å². The van der Waals surface area contributed by atoms with Gasteiger partial charge in [0.1, 0.15) is 5.82 Å². The number of likely N-dealkylation sites (tertiary alicyclic amines) is 1. The lowest BCUT2D eigenvalue weighted by molar-refractivity contribution is -0.137. The van der Waals surface area contributed by atoms with E-state index in [4.69, 9.17) is 9.72 Å². The molecule has 0 aliphatic carbocycles. The number of thioether (sulfide) groups is 1. The Bertz CT molecular complexity index is 979. The lowest BCUT2D eigenvalue weighted by atomic mass is 9.90. The molecule has 170 valence electrons. The molecule has 1 aromatic carbocycles. The second kappa shape index (κ2) is 11.2. The number of methoxy groups -OCH3 is 1. The van der Waals surface area contributed by atoms with Gasteiger partial charge < -0.3 is 9.64 Å². The number of ether oxygens (including phenoxy) is 1. The molecule has 0 spiro atoms. The van der Waals surface area contributed by atoms with E-state index in [-0.39, 0.29) is 29.4 Å². The van der Waals surface area contributed by atoms with Gasteiger partial charge in [-0.05, 0) is 42.5 Å². The number of rotatable bonds is 7. The van der Waals surface area contributed by atoms with E-state index in [2.05, 4.69) is 4.98 Å². The average molecular weight is 458 g/mol. The Morgan fingerprint density at radius 1 is 1.31 bits per heavy atom. The Morgan fingerprint density at radius 2 is 2.06 bits per heavy atom. The predicted octanol–water partition coefficient (Wildman–Crippen LogP) is 4.47. The SMILES string of the molecule is COC(=O)CSc1ncc(-c2ccc(F)cc2)c([C@H]2CCCN(C(=O)/C=C/C(C)C)C2)n1. The van der Waals surface area contributed by atoms with E-state index in [9.17, 15) is 14.0 Å². The number of hydrogen-bond donors (Lipinski definition) is 0. The van der Waals surface area contributed by atoms with Crippen molar-refractivity contribution < 1.29 is 18.7 Å². The first-order valence-corrected chi connectivity index (χ1v) is 11.7. The van der Waals surface area contributed by atoms with Gasteiger partial charge in [-0.15, -0.1) is 0 Å². The lowest BCUT2D eigenvalue weighted by Gasteiger charge is -2.32. The van der Waals surface area contributed by atoms with E-state index in [0.717, 1.165) is 29.7 Å². The number of carbonyl (C=O) groups excluding carboxylic acids is 2. The van der Waals surface area contributed by atoms with Crippen molar-refractivity contribution in [2.75, 3.05) is 26.0 Å². The number of hydrogen-bond acceptors (Lipinski definition) is 6. The van der Waals surface area contributed by atoms with E-state index < -0.39 is 0 Å². The minimum atomic E-state index is -0.353. The second-order valence-corrected chi connectivity index (χ2v) is 8.99. The lowest BCUT2D eigenvalue weighted by Crippen LogP contribution is -2.38. The number of piperidine rings is 1. The van der Waals surface area contributed by atoms with E-state index >= 15 is 0 Å². The van der Waals surface area contributed by atoms with Gasteiger partial charge in [0.05, 0.1) is 18.6 Å². The van der Waals surface area contributed by atoms with Crippen molar-refractivity contribution in [3.8, 4) is 11.1 Å². The maximum atomic E-state index is 13.5. The maximum Gasteiger partial charge on any atom is 0.316 e. The zero-order valence-corrected chi connectivity index (χ0v) is 19.4. The highest BCUT2D eigenvalue weighted by Crippen LogP contribution is 2.34. The smallest absolute Gasteiger partial charge is 0.316 e. The average Bonchev–Trinajstić information content (AvgIpc) is 2.81. The zero-order valence-electron chi connectivity index (χ0n) is 18.6. The molecule has 2 aromatic rings. The minimum Gasteiger partial charge on any atom is -0.468 e. The molecule has 3 rings (SSSR count). The van der Waals surface area contributed by atoms with Crippen LogP contribution in [0, 0.1) is 11.7 Å². The monoisotopic (exact) mass is 457 g/mol. The standard InChI is InChI=1S/C24H28FN3O3S/c1-16(2)6-11-21(29)28-12-4-5-18(14-28)23-20(17-7-9-19(25)10-8-17)13-26-24(27-23)32-15-22(30)31-3/h6-11,13,16,18H,4-5,12,14-15H2,1-3H3/b11-6+/t18-/m0/s1. The van der Waals surface area contributed by atoms with Crippen LogP contribution in [0.4, 0.5) is 4.39 Å². The molecule has 6 nitrogen and oxygen atoms in total. The summed E-state index contributed by atoms with van der Waals surface area (Å²) in [5.41, 5.74) is 2.43. The van der Waals surface area contributed by atoms with Crippen molar-refractivity contribution >= 4 is 23.6 Å². The Morgan fingerprint density at radius 3 is 2.75 bits per heavy atom. The number of benzene rings is 1. The van der Waals surface area contributed by atoms with Gasteiger partial charge in [0.2, 0.25) is 5.91 Å². The summed E-state index contributed by atoms with van der Waals surface area (Å²) in [6, 6.07) is 6.23. The summed E-state index contributed by atoms with van der Waals surface area (Å²) in [4.78, 5) is 35.2. The first-order valence-electron chi connectivity index (χ1n) is 10.7. The fourth-order valence-corrected chi connectivity index (χ4v) is 4.23. The van der Waals surface area contributed by atoms with Crippen molar-refractivity contribution in [1.29, 1.82) is 0 Å². The summed E-state index contributed by atoms with van der Waals surface area (Å²) in [5, 5.41) is 0.472. The van der Waals surface area contributed by atoms with Crippen molar-refractivity contribution in [2.45, 2.75) is 37.8 Å². The number of halogens is 1. The quantitative estimate of drug-likeness (QED) is 0.264. The molecular weight excluding hydrogens is 429 g/mol. The minimum absolute atomic E-state index is 0.000998. The van der Waals surface area contributed by atoms with E-state index in [0.29, 0.717) is 24.2 Å². The summed E-state index contributed by atoms with van der Waals surface area (Å²) in [5.74, 6) is -0.231. The van der Waals surface area contributed by atoms with Gasteiger partial charge in [-0.25, -0.2) is 14.4 Å². The number of esters is 1.